The van der Waals surface area contributed by atoms with E-state index >= 15 is 0 Å². The molecule has 8 heteroatoms. The molecule has 1 atom stereocenters. The Bertz CT molecular complexity index is 1020. The molecule has 2 amide bonds. The molecule has 2 N–H and O–H groups in total. The van der Waals surface area contributed by atoms with Crippen LogP contribution in [0.3, 0.4) is 0 Å². The van der Waals surface area contributed by atoms with Crippen LogP contribution in [0.4, 0.5) is 0 Å². The molecule has 3 heterocycles. The monoisotopic (exact) mass is 479 g/mol. The molecule has 0 unspecified atom stereocenters. The number of rotatable bonds is 8. The minimum absolute atomic E-state index is 0.0320. The summed E-state index contributed by atoms with van der Waals surface area (Å²) < 4.78 is 0. The highest BCUT2D eigenvalue weighted by Crippen LogP contribution is 2.22. The summed E-state index contributed by atoms with van der Waals surface area (Å²) in [4.78, 5) is 37.5. The number of nitrogens with zero attached hydrogens (tertiary/aromatic N) is 4. The number of carbonyl (C=O) groups excluding carboxylic acids is 2. The number of benzene rings is 1. The minimum Gasteiger partial charge on any atom is -0.390 e. The van der Waals surface area contributed by atoms with Crippen molar-refractivity contribution in [2.24, 2.45) is 11.8 Å². The fourth-order valence-electron chi connectivity index (χ4n) is 5.03. The van der Waals surface area contributed by atoms with Crippen molar-refractivity contribution in [2.75, 3.05) is 32.7 Å². The first-order chi connectivity index (χ1) is 16.9. The summed E-state index contributed by atoms with van der Waals surface area (Å²) in [6.07, 6.45) is 4.42. The Hall–Kier alpha value is -2.84. The highest BCUT2D eigenvalue weighted by atomic mass is 16.3. The second kappa shape index (κ2) is 11.7. The van der Waals surface area contributed by atoms with Gasteiger partial charge in [0.05, 0.1) is 6.10 Å². The molecule has 2 aliphatic rings. The Labute approximate surface area is 207 Å². The number of likely N-dealkylation sites (tertiary alicyclic amines) is 1. The zero-order valence-corrected chi connectivity index (χ0v) is 20.8. The van der Waals surface area contributed by atoms with Gasteiger partial charge in [0.25, 0.3) is 5.91 Å². The molecule has 1 saturated heterocycles. The number of aliphatic hydroxyl groups excluding tert-OH is 1. The molecule has 8 nitrogen and oxygen atoms in total. The second-order valence-electron chi connectivity index (χ2n) is 10.1. The van der Waals surface area contributed by atoms with E-state index < -0.39 is 6.10 Å². The van der Waals surface area contributed by atoms with Crippen LogP contribution < -0.4 is 5.32 Å². The summed E-state index contributed by atoms with van der Waals surface area (Å²) in [6.45, 7) is 7.85. The van der Waals surface area contributed by atoms with Gasteiger partial charge in [-0.3, -0.25) is 14.5 Å². The van der Waals surface area contributed by atoms with Gasteiger partial charge in [0.2, 0.25) is 5.91 Å². The van der Waals surface area contributed by atoms with Gasteiger partial charge in [0.1, 0.15) is 12.0 Å². The Morgan fingerprint density at radius 2 is 1.86 bits per heavy atom. The molecule has 0 radical (unpaired) electrons. The maximum atomic E-state index is 12.7. The molecule has 0 saturated carbocycles. The van der Waals surface area contributed by atoms with Crippen LogP contribution in [-0.4, -0.2) is 75.5 Å². The zero-order valence-electron chi connectivity index (χ0n) is 20.8. The number of aliphatic hydroxyl groups is 1. The highest BCUT2D eigenvalue weighted by Gasteiger charge is 2.25. The van der Waals surface area contributed by atoms with Crippen molar-refractivity contribution < 1.29 is 14.7 Å². The summed E-state index contributed by atoms with van der Waals surface area (Å²) in [5.41, 5.74) is 3.84. The van der Waals surface area contributed by atoms with Crippen LogP contribution in [0, 0.1) is 11.8 Å². The van der Waals surface area contributed by atoms with E-state index in [4.69, 9.17) is 0 Å². The van der Waals surface area contributed by atoms with Gasteiger partial charge in [-0.15, -0.1) is 0 Å². The standard InChI is InChI=1S/C27H37N5O3/c1-19(2)27(35)32-11-7-20(8-12-32)13-23-14-25(30-18-29-23)26(34)28-15-24(33)17-31-10-9-21-5-3-4-6-22(21)16-31/h3-6,14,18-20,24,33H,7-13,15-17H2,1-2H3,(H,28,34)/t24-/m0/s1. The van der Waals surface area contributed by atoms with E-state index in [0.29, 0.717) is 18.2 Å². The number of β-amino-alcohol motifs (C(OH)–C–C–N with tert-alkyl or cyclic N) is 1. The Kier molecular flexibility index (Phi) is 8.46. The average Bonchev–Trinajstić information content (AvgIpc) is 2.87. The molecule has 35 heavy (non-hydrogen) atoms. The fourth-order valence-corrected chi connectivity index (χ4v) is 5.03. The molecule has 0 aliphatic carbocycles. The zero-order chi connectivity index (χ0) is 24.8. The smallest absolute Gasteiger partial charge is 0.270 e. The molecule has 2 aliphatic heterocycles. The second-order valence-corrected chi connectivity index (χ2v) is 10.1. The summed E-state index contributed by atoms with van der Waals surface area (Å²) in [7, 11) is 0. The molecule has 4 rings (SSSR count). The summed E-state index contributed by atoms with van der Waals surface area (Å²) >= 11 is 0. The van der Waals surface area contributed by atoms with Crippen LogP contribution in [0.25, 0.3) is 0 Å². The van der Waals surface area contributed by atoms with E-state index in [-0.39, 0.29) is 24.3 Å². The van der Waals surface area contributed by atoms with Crippen LogP contribution in [0.2, 0.25) is 0 Å². The lowest BCUT2D eigenvalue weighted by Crippen LogP contribution is -2.42. The topological polar surface area (TPSA) is 98.7 Å². The van der Waals surface area contributed by atoms with E-state index in [1.165, 1.54) is 17.5 Å². The number of nitrogens with one attached hydrogen (secondary N) is 1. The van der Waals surface area contributed by atoms with Gasteiger partial charge < -0.3 is 15.3 Å². The fraction of sp³-hybridized carbons (Fsp3) is 0.556. The van der Waals surface area contributed by atoms with E-state index in [0.717, 1.165) is 57.6 Å². The van der Waals surface area contributed by atoms with Gasteiger partial charge in [-0.25, -0.2) is 9.97 Å². The predicted octanol–water partition coefficient (Wildman–Crippen LogP) is 2.06. The number of amides is 2. The first-order valence-corrected chi connectivity index (χ1v) is 12.7. The van der Waals surface area contributed by atoms with Crippen LogP contribution in [0.1, 0.15) is 54.0 Å². The number of piperidine rings is 1. The first-order valence-electron chi connectivity index (χ1n) is 12.7. The van der Waals surface area contributed by atoms with Gasteiger partial charge >= 0.3 is 0 Å². The highest BCUT2D eigenvalue weighted by molar-refractivity contribution is 5.92. The van der Waals surface area contributed by atoms with Crippen LogP contribution in [0.5, 0.6) is 0 Å². The molecule has 0 bridgehead atoms. The third-order valence-corrected chi connectivity index (χ3v) is 7.05. The molecule has 1 aromatic heterocycles. The third kappa shape index (κ3) is 6.86. The molecular weight excluding hydrogens is 442 g/mol. The summed E-state index contributed by atoms with van der Waals surface area (Å²) in [6, 6.07) is 10.2. The average molecular weight is 480 g/mol. The molecule has 1 aromatic carbocycles. The quantitative estimate of drug-likeness (QED) is 0.602. The van der Waals surface area contributed by atoms with Crippen LogP contribution >= 0.6 is 0 Å². The first kappa shape index (κ1) is 25.3. The van der Waals surface area contributed by atoms with Crippen molar-refractivity contribution in [1.29, 1.82) is 0 Å². The SMILES string of the molecule is CC(C)C(=O)N1CCC(Cc2cc(C(=O)NC[C@H](O)CN3CCc4ccccc4C3)ncn2)CC1. The maximum Gasteiger partial charge on any atom is 0.270 e. The third-order valence-electron chi connectivity index (χ3n) is 7.05. The molecule has 188 valence electrons. The Morgan fingerprint density at radius 1 is 1.11 bits per heavy atom. The molecule has 2 aromatic rings. The van der Waals surface area contributed by atoms with Crippen molar-refractivity contribution in [3.05, 3.63) is 59.2 Å². The maximum absolute atomic E-state index is 12.7. The number of carbonyl (C=O) groups is 2. The van der Waals surface area contributed by atoms with Crippen molar-refractivity contribution in [3.8, 4) is 0 Å². The van der Waals surface area contributed by atoms with Crippen molar-refractivity contribution >= 4 is 11.8 Å². The summed E-state index contributed by atoms with van der Waals surface area (Å²) in [5, 5.41) is 13.3. The van der Waals surface area contributed by atoms with Gasteiger partial charge in [-0.1, -0.05) is 38.1 Å². The van der Waals surface area contributed by atoms with Gasteiger partial charge in [0, 0.05) is 50.9 Å². The lowest BCUT2D eigenvalue weighted by Gasteiger charge is -2.33. The predicted molar refractivity (Wildman–Crippen MR) is 134 cm³/mol. The summed E-state index contributed by atoms with van der Waals surface area (Å²) in [5.74, 6) is 0.392. The van der Waals surface area contributed by atoms with Crippen molar-refractivity contribution in [3.63, 3.8) is 0 Å². The van der Waals surface area contributed by atoms with Crippen LogP contribution in [0.15, 0.2) is 36.7 Å². The van der Waals surface area contributed by atoms with E-state index in [2.05, 4.69) is 38.4 Å². The normalized spacial score (nSPS) is 17.8. The van der Waals surface area contributed by atoms with Gasteiger partial charge in [0.15, 0.2) is 0 Å². The van der Waals surface area contributed by atoms with Gasteiger partial charge in [-0.2, -0.15) is 0 Å². The molecular formula is C27H37N5O3. The minimum atomic E-state index is -0.649. The number of hydrogen-bond acceptors (Lipinski definition) is 6. The number of aromatic nitrogens is 2. The lowest BCUT2D eigenvalue weighted by molar-refractivity contribution is -0.135. The van der Waals surface area contributed by atoms with Crippen LogP contribution in [-0.2, 0) is 24.2 Å². The largest absolute Gasteiger partial charge is 0.390 e. The Morgan fingerprint density at radius 3 is 2.60 bits per heavy atom. The number of hydrogen-bond donors (Lipinski definition) is 2. The van der Waals surface area contributed by atoms with Gasteiger partial charge in [-0.05, 0) is 48.8 Å². The van der Waals surface area contributed by atoms with E-state index in [9.17, 15) is 14.7 Å². The number of fused-ring (bicyclic) bond motifs is 1. The lowest BCUT2D eigenvalue weighted by atomic mass is 9.91. The Balaban J connectivity index is 1.22. The van der Waals surface area contributed by atoms with Crippen molar-refractivity contribution in [2.45, 2.75) is 52.2 Å². The molecule has 1 fully saturated rings. The molecule has 0 spiro atoms. The van der Waals surface area contributed by atoms with E-state index in [1.54, 1.807) is 6.07 Å². The van der Waals surface area contributed by atoms with E-state index in [1.807, 2.05) is 24.8 Å². The van der Waals surface area contributed by atoms with Crippen molar-refractivity contribution in [1.82, 2.24) is 25.1 Å².